The molecule has 0 spiro atoms. The fraction of sp³-hybridized carbons (Fsp3) is 0.500. The zero-order valence-electron chi connectivity index (χ0n) is 10.8. The Bertz CT molecular complexity index is 426. The molecule has 4 heteroatoms. The average molecular weight is 267 g/mol. The molecule has 1 saturated heterocycles. The van der Waals surface area contributed by atoms with Crippen LogP contribution in [0.25, 0.3) is 0 Å². The molecule has 1 N–H and O–H groups in total. The third kappa shape index (κ3) is 2.78. The molecule has 0 radical (unpaired) electrons. The van der Waals surface area contributed by atoms with Crippen molar-refractivity contribution in [2.45, 2.75) is 45.2 Å². The Morgan fingerprint density at radius 2 is 1.89 bits per heavy atom. The van der Waals surface area contributed by atoms with Crippen LogP contribution in [-0.2, 0) is 0 Å². The number of para-hydroxylation sites is 1. The maximum Gasteiger partial charge on any atom is 0.322 e. The van der Waals surface area contributed by atoms with E-state index in [1.54, 1.807) is 6.07 Å². The van der Waals surface area contributed by atoms with Gasteiger partial charge in [-0.05, 0) is 45.2 Å². The molecule has 18 heavy (non-hydrogen) atoms. The van der Waals surface area contributed by atoms with Crippen LogP contribution in [0.15, 0.2) is 24.3 Å². The Morgan fingerprint density at radius 1 is 1.28 bits per heavy atom. The van der Waals surface area contributed by atoms with Gasteiger partial charge in [0, 0.05) is 12.1 Å². The van der Waals surface area contributed by atoms with E-state index in [9.17, 15) is 4.79 Å². The van der Waals surface area contributed by atoms with Gasteiger partial charge < -0.3 is 10.2 Å². The Balaban J connectivity index is 2.09. The van der Waals surface area contributed by atoms with Gasteiger partial charge in [0.2, 0.25) is 0 Å². The van der Waals surface area contributed by atoms with E-state index in [1.807, 2.05) is 23.1 Å². The van der Waals surface area contributed by atoms with Gasteiger partial charge in [-0.25, -0.2) is 4.79 Å². The molecular formula is C14H19ClN2O. The Labute approximate surface area is 113 Å². The Morgan fingerprint density at radius 3 is 2.50 bits per heavy atom. The van der Waals surface area contributed by atoms with Crippen molar-refractivity contribution in [2.75, 3.05) is 5.32 Å². The highest BCUT2D eigenvalue weighted by molar-refractivity contribution is 6.33. The highest BCUT2D eigenvalue weighted by atomic mass is 35.5. The maximum absolute atomic E-state index is 12.3. The first kappa shape index (κ1) is 13.2. The highest BCUT2D eigenvalue weighted by Gasteiger charge is 2.29. The number of piperidine rings is 1. The van der Waals surface area contributed by atoms with Crippen LogP contribution in [0.4, 0.5) is 10.5 Å². The van der Waals surface area contributed by atoms with Crippen LogP contribution in [0.3, 0.4) is 0 Å². The van der Waals surface area contributed by atoms with Crippen molar-refractivity contribution in [3.8, 4) is 0 Å². The van der Waals surface area contributed by atoms with Gasteiger partial charge in [0.1, 0.15) is 0 Å². The lowest BCUT2D eigenvalue weighted by atomic mass is 9.98. The molecule has 2 amide bonds. The van der Waals surface area contributed by atoms with Crippen LogP contribution >= 0.6 is 11.6 Å². The molecular weight excluding hydrogens is 248 g/mol. The number of nitrogens with zero attached hydrogens (tertiary/aromatic N) is 1. The number of hydrogen-bond donors (Lipinski definition) is 1. The number of carbonyl (C=O) groups excluding carboxylic acids is 1. The van der Waals surface area contributed by atoms with Crippen molar-refractivity contribution in [3.05, 3.63) is 29.3 Å². The van der Waals surface area contributed by atoms with Gasteiger partial charge in [-0.15, -0.1) is 0 Å². The molecule has 3 nitrogen and oxygen atoms in total. The smallest absolute Gasteiger partial charge is 0.319 e. The number of likely N-dealkylation sites (tertiary alicyclic amines) is 1. The summed E-state index contributed by atoms with van der Waals surface area (Å²) in [6.07, 6.45) is 3.33. The van der Waals surface area contributed by atoms with Crippen LogP contribution in [-0.4, -0.2) is 23.0 Å². The maximum atomic E-state index is 12.3. The van der Waals surface area contributed by atoms with Crippen molar-refractivity contribution in [1.29, 1.82) is 0 Å². The van der Waals surface area contributed by atoms with E-state index in [0.717, 1.165) is 12.8 Å². The second-order valence-electron chi connectivity index (χ2n) is 4.95. The lowest BCUT2D eigenvalue weighted by Crippen LogP contribution is -2.49. The van der Waals surface area contributed by atoms with Gasteiger partial charge in [0.05, 0.1) is 10.7 Å². The first-order valence-electron chi connectivity index (χ1n) is 6.43. The van der Waals surface area contributed by atoms with E-state index in [4.69, 9.17) is 11.6 Å². The van der Waals surface area contributed by atoms with E-state index >= 15 is 0 Å². The lowest BCUT2D eigenvalue weighted by Gasteiger charge is -2.38. The molecule has 2 atom stereocenters. The van der Waals surface area contributed by atoms with Gasteiger partial charge in [0.25, 0.3) is 0 Å². The summed E-state index contributed by atoms with van der Waals surface area (Å²) in [4.78, 5) is 14.2. The SMILES string of the molecule is C[C@@H]1CCC[C@H](C)N1C(=O)Nc1ccccc1Cl. The minimum Gasteiger partial charge on any atom is -0.319 e. The van der Waals surface area contributed by atoms with Gasteiger partial charge in [0.15, 0.2) is 0 Å². The standard InChI is InChI=1S/C14H19ClN2O/c1-10-6-5-7-11(2)17(10)14(18)16-13-9-4-3-8-12(13)15/h3-4,8-11H,5-7H2,1-2H3,(H,16,18)/t10-,11+. The van der Waals surface area contributed by atoms with Crippen LogP contribution in [0.2, 0.25) is 5.02 Å². The van der Waals surface area contributed by atoms with Gasteiger partial charge in [-0.1, -0.05) is 23.7 Å². The molecule has 0 unspecified atom stereocenters. The number of rotatable bonds is 1. The van der Waals surface area contributed by atoms with E-state index in [2.05, 4.69) is 19.2 Å². The van der Waals surface area contributed by atoms with Crippen LogP contribution in [0.1, 0.15) is 33.1 Å². The van der Waals surface area contributed by atoms with E-state index in [0.29, 0.717) is 10.7 Å². The average Bonchev–Trinajstić information content (AvgIpc) is 2.32. The molecule has 1 aromatic carbocycles. The summed E-state index contributed by atoms with van der Waals surface area (Å²) in [5.41, 5.74) is 0.675. The number of anilines is 1. The summed E-state index contributed by atoms with van der Waals surface area (Å²) in [7, 11) is 0. The highest BCUT2D eigenvalue weighted by Crippen LogP contribution is 2.25. The molecule has 1 heterocycles. The summed E-state index contributed by atoms with van der Waals surface area (Å²) in [6.45, 7) is 4.20. The molecule has 0 saturated carbocycles. The summed E-state index contributed by atoms with van der Waals surface area (Å²) in [5.74, 6) is 0. The Hall–Kier alpha value is -1.22. The zero-order chi connectivity index (χ0) is 13.1. The van der Waals surface area contributed by atoms with Crippen LogP contribution < -0.4 is 5.32 Å². The van der Waals surface area contributed by atoms with Crippen molar-refractivity contribution >= 4 is 23.3 Å². The first-order valence-corrected chi connectivity index (χ1v) is 6.81. The van der Waals surface area contributed by atoms with Gasteiger partial charge in [-0.2, -0.15) is 0 Å². The third-order valence-electron chi connectivity index (χ3n) is 3.54. The molecule has 1 aromatic rings. The number of urea groups is 1. The van der Waals surface area contributed by atoms with Gasteiger partial charge >= 0.3 is 6.03 Å². The minimum absolute atomic E-state index is 0.0530. The second-order valence-corrected chi connectivity index (χ2v) is 5.35. The molecule has 0 bridgehead atoms. The van der Waals surface area contributed by atoms with Crippen LogP contribution in [0, 0.1) is 0 Å². The molecule has 98 valence electrons. The quantitative estimate of drug-likeness (QED) is 0.814. The number of halogens is 1. The molecule has 1 aliphatic heterocycles. The molecule has 0 aliphatic carbocycles. The third-order valence-corrected chi connectivity index (χ3v) is 3.87. The van der Waals surface area contributed by atoms with E-state index in [-0.39, 0.29) is 18.1 Å². The largest absolute Gasteiger partial charge is 0.322 e. The zero-order valence-corrected chi connectivity index (χ0v) is 11.6. The number of hydrogen-bond acceptors (Lipinski definition) is 1. The lowest BCUT2D eigenvalue weighted by molar-refractivity contribution is 0.133. The number of nitrogens with one attached hydrogen (secondary N) is 1. The Kier molecular flexibility index (Phi) is 4.12. The summed E-state index contributed by atoms with van der Waals surface area (Å²) in [5, 5.41) is 3.47. The number of benzene rings is 1. The topological polar surface area (TPSA) is 32.3 Å². The van der Waals surface area contributed by atoms with Crippen LogP contribution in [0.5, 0.6) is 0 Å². The van der Waals surface area contributed by atoms with Crippen molar-refractivity contribution in [3.63, 3.8) is 0 Å². The first-order chi connectivity index (χ1) is 8.59. The predicted molar refractivity (Wildman–Crippen MR) is 75.1 cm³/mol. The number of amides is 2. The molecule has 2 rings (SSSR count). The second kappa shape index (κ2) is 5.61. The minimum atomic E-state index is -0.0530. The fourth-order valence-corrected chi connectivity index (χ4v) is 2.75. The van der Waals surface area contributed by atoms with Crippen molar-refractivity contribution in [1.82, 2.24) is 4.90 Å². The van der Waals surface area contributed by atoms with Gasteiger partial charge in [-0.3, -0.25) is 0 Å². The summed E-state index contributed by atoms with van der Waals surface area (Å²) >= 11 is 6.05. The van der Waals surface area contributed by atoms with Crippen molar-refractivity contribution < 1.29 is 4.79 Å². The summed E-state index contributed by atoms with van der Waals surface area (Å²) < 4.78 is 0. The summed E-state index contributed by atoms with van der Waals surface area (Å²) in [6, 6.07) is 7.84. The fourth-order valence-electron chi connectivity index (χ4n) is 2.56. The molecule has 1 fully saturated rings. The monoisotopic (exact) mass is 266 g/mol. The van der Waals surface area contributed by atoms with E-state index < -0.39 is 0 Å². The predicted octanol–water partition coefficient (Wildman–Crippen LogP) is 4.13. The normalized spacial score (nSPS) is 23.8. The number of carbonyl (C=O) groups is 1. The molecule has 0 aromatic heterocycles. The molecule has 1 aliphatic rings. The van der Waals surface area contributed by atoms with Crippen molar-refractivity contribution in [2.24, 2.45) is 0 Å². The van der Waals surface area contributed by atoms with E-state index in [1.165, 1.54) is 6.42 Å².